The number of nitrogens with one attached hydrogen (secondary N) is 1. The number of aromatic nitrogens is 1. The standard InChI is InChI=1S/C20H29N3O2/c24-20(22-13-11-17-7-2-1-3-8-17)23(16-19-10-6-14-25-19)15-18-9-4-5-12-21-18/h4-5,7,9,12,19H,1-3,6,8,10-11,13-16H2,(H,22,24)/t19-/m1/s1. The fourth-order valence-electron chi connectivity index (χ4n) is 3.51. The number of nitrogens with zero attached hydrogens (tertiary/aromatic N) is 2. The number of amides is 2. The van der Waals surface area contributed by atoms with Gasteiger partial charge in [0.05, 0.1) is 18.3 Å². The largest absolute Gasteiger partial charge is 0.376 e. The molecule has 3 rings (SSSR count). The molecule has 1 atom stereocenters. The van der Waals surface area contributed by atoms with Gasteiger partial charge in [0.15, 0.2) is 0 Å². The first-order chi connectivity index (χ1) is 12.3. The van der Waals surface area contributed by atoms with Gasteiger partial charge in [0, 0.05) is 25.9 Å². The van der Waals surface area contributed by atoms with Crippen molar-refractivity contribution in [3.05, 3.63) is 41.7 Å². The van der Waals surface area contributed by atoms with Crippen molar-refractivity contribution in [3.63, 3.8) is 0 Å². The summed E-state index contributed by atoms with van der Waals surface area (Å²) < 4.78 is 5.72. The highest BCUT2D eigenvalue weighted by molar-refractivity contribution is 5.74. The maximum Gasteiger partial charge on any atom is 0.317 e. The van der Waals surface area contributed by atoms with E-state index in [9.17, 15) is 4.79 Å². The molecule has 1 aliphatic carbocycles. The van der Waals surface area contributed by atoms with Crippen LogP contribution in [0.25, 0.3) is 0 Å². The second kappa shape index (κ2) is 9.56. The Bertz CT molecular complexity index is 568. The van der Waals surface area contributed by atoms with E-state index in [1.807, 2.05) is 23.1 Å². The SMILES string of the molecule is O=C(NCCC1=CCCCC1)N(Cc1ccccn1)C[C@H]1CCCO1. The Morgan fingerprint density at radius 3 is 3.00 bits per heavy atom. The Labute approximate surface area is 150 Å². The van der Waals surface area contributed by atoms with Crippen LogP contribution < -0.4 is 5.32 Å². The minimum atomic E-state index is -0.0161. The summed E-state index contributed by atoms with van der Waals surface area (Å²) in [6.07, 6.45) is 12.3. The van der Waals surface area contributed by atoms with E-state index in [0.29, 0.717) is 19.6 Å². The van der Waals surface area contributed by atoms with Crippen LogP contribution in [-0.4, -0.2) is 41.7 Å². The molecule has 0 saturated carbocycles. The summed E-state index contributed by atoms with van der Waals surface area (Å²) in [6, 6.07) is 5.80. The molecule has 25 heavy (non-hydrogen) atoms. The Morgan fingerprint density at radius 2 is 2.28 bits per heavy atom. The lowest BCUT2D eigenvalue weighted by Gasteiger charge is -2.25. The lowest BCUT2D eigenvalue weighted by molar-refractivity contribution is 0.0792. The van der Waals surface area contributed by atoms with E-state index < -0.39 is 0 Å². The van der Waals surface area contributed by atoms with E-state index in [2.05, 4.69) is 16.4 Å². The van der Waals surface area contributed by atoms with Crippen LogP contribution in [0.15, 0.2) is 36.0 Å². The number of hydrogen-bond donors (Lipinski definition) is 1. The molecular weight excluding hydrogens is 314 g/mol. The van der Waals surface area contributed by atoms with Gasteiger partial charge in [-0.25, -0.2) is 4.79 Å². The molecular formula is C20H29N3O2. The predicted octanol–water partition coefficient (Wildman–Crippen LogP) is 3.66. The quantitative estimate of drug-likeness (QED) is 0.769. The minimum Gasteiger partial charge on any atom is -0.376 e. The fraction of sp³-hybridized carbons (Fsp3) is 0.600. The van der Waals surface area contributed by atoms with E-state index in [1.54, 1.807) is 6.20 Å². The zero-order valence-electron chi connectivity index (χ0n) is 15.0. The molecule has 1 aromatic heterocycles. The average Bonchev–Trinajstić information content (AvgIpc) is 3.16. The summed E-state index contributed by atoms with van der Waals surface area (Å²) in [7, 11) is 0. The molecule has 1 saturated heterocycles. The van der Waals surface area contributed by atoms with Gasteiger partial charge < -0.3 is 15.0 Å². The zero-order chi connectivity index (χ0) is 17.3. The van der Waals surface area contributed by atoms with Crippen LogP contribution in [0, 0.1) is 0 Å². The van der Waals surface area contributed by atoms with E-state index in [0.717, 1.165) is 31.6 Å². The van der Waals surface area contributed by atoms with Crippen molar-refractivity contribution < 1.29 is 9.53 Å². The molecule has 136 valence electrons. The highest BCUT2D eigenvalue weighted by Gasteiger charge is 2.23. The molecule has 1 aromatic rings. The molecule has 5 nitrogen and oxygen atoms in total. The Morgan fingerprint density at radius 1 is 1.32 bits per heavy atom. The van der Waals surface area contributed by atoms with Crippen LogP contribution >= 0.6 is 0 Å². The monoisotopic (exact) mass is 343 g/mol. The van der Waals surface area contributed by atoms with Crippen molar-refractivity contribution in [1.29, 1.82) is 0 Å². The molecule has 0 radical (unpaired) electrons. The molecule has 1 aliphatic heterocycles. The maximum atomic E-state index is 12.7. The molecule has 5 heteroatoms. The number of carbonyl (C=O) groups is 1. The van der Waals surface area contributed by atoms with E-state index in [-0.39, 0.29) is 12.1 Å². The number of urea groups is 1. The second-order valence-corrected chi connectivity index (χ2v) is 6.93. The molecule has 0 unspecified atom stereocenters. The highest BCUT2D eigenvalue weighted by Crippen LogP contribution is 2.19. The number of pyridine rings is 1. The minimum absolute atomic E-state index is 0.0161. The Hall–Kier alpha value is -1.88. The average molecular weight is 343 g/mol. The number of allylic oxidation sites excluding steroid dienone is 1. The molecule has 0 aromatic carbocycles. The van der Waals surface area contributed by atoms with Crippen LogP contribution in [0.5, 0.6) is 0 Å². The third-order valence-electron chi connectivity index (χ3n) is 4.92. The van der Waals surface area contributed by atoms with Crippen LogP contribution in [0.3, 0.4) is 0 Å². The van der Waals surface area contributed by atoms with Crippen LogP contribution in [0.4, 0.5) is 4.79 Å². The molecule has 2 aliphatic rings. The van der Waals surface area contributed by atoms with E-state index in [4.69, 9.17) is 4.74 Å². The van der Waals surface area contributed by atoms with E-state index >= 15 is 0 Å². The number of ether oxygens (including phenoxy) is 1. The molecule has 1 fully saturated rings. The molecule has 0 bridgehead atoms. The molecule has 2 heterocycles. The lowest BCUT2D eigenvalue weighted by Crippen LogP contribution is -2.43. The van der Waals surface area contributed by atoms with Crippen molar-refractivity contribution in [2.75, 3.05) is 19.7 Å². The van der Waals surface area contributed by atoms with E-state index in [1.165, 1.54) is 31.3 Å². The number of carbonyl (C=O) groups excluding carboxylic acids is 1. The first kappa shape index (κ1) is 17.9. The third-order valence-corrected chi connectivity index (χ3v) is 4.92. The van der Waals surface area contributed by atoms with Crippen LogP contribution in [-0.2, 0) is 11.3 Å². The normalized spacial score (nSPS) is 20.2. The molecule has 2 amide bonds. The summed E-state index contributed by atoms with van der Waals surface area (Å²) in [5, 5.41) is 3.09. The Balaban J connectivity index is 1.52. The van der Waals surface area contributed by atoms with Gasteiger partial charge in [-0.2, -0.15) is 0 Å². The second-order valence-electron chi connectivity index (χ2n) is 6.93. The van der Waals surface area contributed by atoms with Crippen LogP contribution in [0.1, 0.15) is 50.6 Å². The summed E-state index contributed by atoms with van der Waals surface area (Å²) in [5.74, 6) is 0. The summed E-state index contributed by atoms with van der Waals surface area (Å²) in [5.41, 5.74) is 2.40. The van der Waals surface area contributed by atoms with Gasteiger partial charge >= 0.3 is 6.03 Å². The van der Waals surface area contributed by atoms with Gasteiger partial charge in [0.2, 0.25) is 0 Å². The first-order valence-electron chi connectivity index (χ1n) is 9.53. The highest BCUT2D eigenvalue weighted by atomic mass is 16.5. The molecule has 1 N–H and O–H groups in total. The van der Waals surface area contributed by atoms with Crippen molar-refractivity contribution in [3.8, 4) is 0 Å². The zero-order valence-corrected chi connectivity index (χ0v) is 15.0. The third kappa shape index (κ3) is 5.85. The number of hydrogen-bond acceptors (Lipinski definition) is 3. The fourth-order valence-corrected chi connectivity index (χ4v) is 3.51. The van der Waals surface area contributed by atoms with Gasteiger partial charge in [0.1, 0.15) is 0 Å². The number of rotatable bonds is 7. The predicted molar refractivity (Wildman–Crippen MR) is 98.2 cm³/mol. The van der Waals surface area contributed by atoms with Gasteiger partial charge in [-0.3, -0.25) is 4.98 Å². The molecule has 0 spiro atoms. The topological polar surface area (TPSA) is 54.5 Å². The van der Waals surface area contributed by atoms with Gasteiger partial charge in [-0.05, 0) is 57.1 Å². The Kier molecular flexibility index (Phi) is 6.86. The summed E-state index contributed by atoms with van der Waals surface area (Å²) >= 11 is 0. The van der Waals surface area contributed by atoms with Crippen molar-refractivity contribution in [2.24, 2.45) is 0 Å². The van der Waals surface area contributed by atoms with Gasteiger partial charge in [-0.1, -0.05) is 17.7 Å². The van der Waals surface area contributed by atoms with Crippen molar-refractivity contribution in [1.82, 2.24) is 15.2 Å². The van der Waals surface area contributed by atoms with Crippen molar-refractivity contribution in [2.45, 2.75) is 57.6 Å². The van der Waals surface area contributed by atoms with Gasteiger partial charge in [0.25, 0.3) is 0 Å². The summed E-state index contributed by atoms with van der Waals surface area (Å²) in [6.45, 7) is 2.66. The smallest absolute Gasteiger partial charge is 0.317 e. The summed E-state index contributed by atoms with van der Waals surface area (Å²) in [4.78, 5) is 18.9. The maximum absolute atomic E-state index is 12.7. The first-order valence-corrected chi connectivity index (χ1v) is 9.53. The van der Waals surface area contributed by atoms with Crippen molar-refractivity contribution >= 4 is 6.03 Å². The van der Waals surface area contributed by atoms with Crippen LogP contribution in [0.2, 0.25) is 0 Å². The van der Waals surface area contributed by atoms with Gasteiger partial charge in [-0.15, -0.1) is 0 Å². The lowest BCUT2D eigenvalue weighted by atomic mass is 9.97.